The first kappa shape index (κ1) is 21.6. The molecule has 2 heterocycles. The summed E-state index contributed by atoms with van der Waals surface area (Å²) < 4.78 is 14.1. The third-order valence-corrected chi connectivity index (χ3v) is 5.73. The largest absolute Gasteiger partial charge is 0.474 e. The third-order valence-electron chi connectivity index (χ3n) is 5.48. The van der Waals surface area contributed by atoms with E-state index in [2.05, 4.69) is 20.1 Å². The zero-order chi connectivity index (χ0) is 21.6. The van der Waals surface area contributed by atoms with Crippen LogP contribution < -0.4 is 9.47 Å². The van der Waals surface area contributed by atoms with E-state index in [9.17, 15) is 0 Å². The molecule has 1 fully saturated rings. The molecule has 8 heteroatoms. The van der Waals surface area contributed by atoms with Crippen molar-refractivity contribution in [1.29, 1.82) is 0 Å². The molecule has 164 valence electrons. The molecule has 7 nitrogen and oxygen atoms in total. The van der Waals surface area contributed by atoms with Crippen LogP contribution in [0, 0.1) is 0 Å². The van der Waals surface area contributed by atoms with Crippen molar-refractivity contribution in [3.8, 4) is 17.6 Å². The van der Waals surface area contributed by atoms with Gasteiger partial charge < -0.3 is 14.4 Å². The summed E-state index contributed by atoms with van der Waals surface area (Å²) in [4.78, 5) is 6.35. The van der Waals surface area contributed by atoms with Gasteiger partial charge in [0.05, 0.1) is 5.69 Å². The monoisotopic (exact) mass is 441 g/mol. The van der Waals surface area contributed by atoms with Gasteiger partial charge in [-0.2, -0.15) is 0 Å². The minimum absolute atomic E-state index is 0.175. The molecule has 0 saturated heterocycles. The Kier molecular flexibility index (Phi) is 7.04. The summed E-state index contributed by atoms with van der Waals surface area (Å²) in [6.07, 6.45) is 5.78. The second-order valence-corrected chi connectivity index (χ2v) is 8.50. The lowest BCUT2D eigenvalue weighted by molar-refractivity contribution is 0.138. The Morgan fingerprint density at radius 3 is 2.48 bits per heavy atom. The van der Waals surface area contributed by atoms with Crippen LogP contribution in [0.2, 0.25) is 5.02 Å². The highest BCUT2D eigenvalue weighted by Gasteiger charge is 2.29. The van der Waals surface area contributed by atoms with Crippen LogP contribution in [0.15, 0.2) is 48.7 Å². The Balaban J connectivity index is 1.49. The molecule has 0 unspecified atom stereocenters. The molecule has 1 aromatic carbocycles. The van der Waals surface area contributed by atoms with E-state index in [1.165, 1.54) is 0 Å². The van der Waals surface area contributed by atoms with E-state index in [-0.39, 0.29) is 12.0 Å². The van der Waals surface area contributed by atoms with Crippen molar-refractivity contribution in [2.24, 2.45) is 0 Å². The van der Waals surface area contributed by atoms with Gasteiger partial charge >= 0.3 is 6.01 Å². The molecule has 1 saturated carbocycles. The highest BCUT2D eigenvalue weighted by molar-refractivity contribution is 6.30. The number of hydrogen-bond acceptors (Lipinski definition) is 6. The molecule has 0 spiro atoms. The average molecular weight is 442 g/mol. The first-order valence-corrected chi connectivity index (χ1v) is 11.0. The fraction of sp³-hybridized carbons (Fsp3) is 0.435. The average Bonchev–Trinajstić information content (AvgIpc) is 3.19. The Labute approximate surface area is 188 Å². The van der Waals surface area contributed by atoms with Gasteiger partial charge in [0.1, 0.15) is 18.5 Å². The van der Waals surface area contributed by atoms with E-state index in [0.29, 0.717) is 23.5 Å². The van der Waals surface area contributed by atoms with Crippen molar-refractivity contribution in [2.45, 2.75) is 37.7 Å². The van der Waals surface area contributed by atoms with Crippen LogP contribution in [-0.2, 0) is 0 Å². The summed E-state index contributed by atoms with van der Waals surface area (Å²) in [6, 6.07) is 14.0. The van der Waals surface area contributed by atoms with Gasteiger partial charge in [-0.3, -0.25) is 0 Å². The summed E-state index contributed by atoms with van der Waals surface area (Å²) in [5.74, 6) is 1.91. The second kappa shape index (κ2) is 10.1. The Morgan fingerprint density at radius 2 is 1.81 bits per heavy atom. The van der Waals surface area contributed by atoms with Crippen LogP contribution in [0.1, 0.15) is 37.4 Å². The van der Waals surface area contributed by atoms with Gasteiger partial charge in [-0.1, -0.05) is 22.8 Å². The Bertz CT molecular complexity index is 954. The highest BCUT2D eigenvalue weighted by Crippen LogP contribution is 2.36. The molecule has 0 N–H and O–H groups in total. The third kappa shape index (κ3) is 5.54. The maximum Gasteiger partial charge on any atom is 0.321 e. The Morgan fingerprint density at radius 1 is 1.03 bits per heavy atom. The molecule has 1 aliphatic carbocycles. The minimum Gasteiger partial charge on any atom is -0.474 e. The van der Waals surface area contributed by atoms with Crippen LogP contribution in [0.3, 0.4) is 0 Å². The Hall–Kier alpha value is -2.64. The molecular weight excluding hydrogens is 414 g/mol. The predicted molar refractivity (Wildman–Crippen MR) is 120 cm³/mol. The van der Waals surface area contributed by atoms with Crippen molar-refractivity contribution in [3.05, 3.63) is 59.5 Å². The number of aromatic nitrogens is 4. The fourth-order valence-electron chi connectivity index (χ4n) is 3.82. The lowest BCUT2D eigenvalue weighted by Crippen LogP contribution is -2.25. The van der Waals surface area contributed by atoms with Gasteiger partial charge in [0, 0.05) is 29.7 Å². The summed E-state index contributed by atoms with van der Waals surface area (Å²) in [5, 5.41) is 9.60. The molecular formula is C23H28ClN5O2. The number of ether oxygens (including phenoxy) is 2. The van der Waals surface area contributed by atoms with Crippen LogP contribution >= 0.6 is 11.6 Å². The number of hydrogen-bond donors (Lipinski definition) is 0. The molecule has 31 heavy (non-hydrogen) atoms. The molecule has 1 aliphatic rings. The predicted octanol–water partition coefficient (Wildman–Crippen LogP) is 4.36. The number of halogens is 1. The van der Waals surface area contributed by atoms with Gasteiger partial charge in [-0.05, 0) is 70.1 Å². The molecule has 0 atom stereocenters. The molecule has 0 amide bonds. The normalized spacial score (nSPS) is 18.8. The van der Waals surface area contributed by atoms with E-state index < -0.39 is 0 Å². The minimum atomic E-state index is 0.175. The van der Waals surface area contributed by atoms with Crippen molar-refractivity contribution < 1.29 is 9.47 Å². The van der Waals surface area contributed by atoms with E-state index in [1.54, 1.807) is 6.20 Å². The standard InChI is InChI=1S/C23H28ClN5O2/c1-28(2)15-16-30-23-27-26-22(29(23)19-10-8-18(24)9-11-19)17-6-12-20(13-7-17)31-21-5-3-4-14-25-21/h3-5,8-11,14,17,20H,6-7,12-13,15-16H2,1-2H3/t17-,20-. The zero-order valence-electron chi connectivity index (χ0n) is 17.9. The van der Waals surface area contributed by atoms with Gasteiger partial charge in [-0.15, -0.1) is 5.10 Å². The first-order valence-electron chi connectivity index (χ1n) is 10.7. The van der Waals surface area contributed by atoms with E-state index >= 15 is 0 Å². The van der Waals surface area contributed by atoms with Crippen molar-refractivity contribution in [1.82, 2.24) is 24.6 Å². The van der Waals surface area contributed by atoms with Crippen molar-refractivity contribution in [3.63, 3.8) is 0 Å². The molecule has 0 aliphatic heterocycles. The fourth-order valence-corrected chi connectivity index (χ4v) is 3.94. The van der Waals surface area contributed by atoms with E-state index in [4.69, 9.17) is 21.1 Å². The first-order chi connectivity index (χ1) is 15.1. The van der Waals surface area contributed by atoms with Crippen LogP contribution in [0.25, 0.3) is 5.69 Å². The maximum absolute atomic E-state index is 6.11. The van der Waals surface area contributed by atoms with E-state index in [0.717, 1.165) is 43.7 Å². The summed E-state index contributed by atoms with van der Waals surface area (Å²) in [7, 11) is 4.04. The molecule has 0 radical (unpaired) electrons. The SMILES string of the molecule is CN(C)CCOc1nnc([C@H]2CC[C@H](Oc3ccccn3)CC2)n1-c1ccc(Cl)cc1. The molecule has 4 rings (SSSR count). The zero-order valence-corrected chi connectivity index (χ0v) is 18.7. The summed E-state index contributed by atoms with van der Waals surface area (Å²) in [6.45, 7) is 1.35. The van der Waals surface area contributed by atoms with Gasteiger partial charge in [0.25, 0.3) is 0 Å². The smallest absolute Gasteiger partial charge is 0.321 e. The quantitative estimate of drug-likeness (QED) is 0.517. The number of rotatable bonds is 8. The van der Waals surface area contributed by atoms with Crippen molar-refractivity contribution >= 4 is 11.6 Å². The molecule has 3 aromatic rings. The summed E-state index contributed by atoms with van der Waals surface area (Å²) in [5.41, 5.74) is 0.955. The molecule has 0 bridgehead atoms. The van der Waals surface area contributed by atoms with E-state index in [1.807, 2.05) is 61.1 Å². The summed E-state index contributed by atoms with van der Waals surface area (Å²) >= 11 is 6.11. The topological polar surface area (TPSA) is 65.3 Å². The van der Waals surface area contributed by atoms with Gasteiger partial charge in [0.15, 0.2) is 0 Å². The number of likely N-dealkylation sites (N-methyl/N-ethyl adjacent to an activating group) is 1. The van der Waals surface area contributed by atoms with Crippen molar-refractivity contribution in [2.75, 3.05) is 27.2 Å². The number of nitrogens with zero attached hydrogens (tertiary/aromatic N) is 5. The molecule has 2 aromatic heterocycles. The second-order valence-electron chi connectivity index (χ2n) is 8.06. The number of benzene rings is 1. The number of pyridine rings is 1. The lowest BCUT2D eigenvalue weighted by Gasteiger charge is -2.28. The van der Waals surface area contributed by atoms with Gasteiger partial charge in [-0.25, -0.2) is 9.55 Å². The van der Waals surface area contributed by atoms with Crippen LogP contribution in [0.4, 0.5) is 0 Å². The lowest BCUT2D eigenvalue weighted by atomic mass is 9.86. The maximum atomic E-state index is 6.11. The van der Waals surface area contributed by atoms with Crippen LogP contribution in [0.5, 0.6) is 11.9 Å². The van der Waals surface area contributed by atoms with Crippen LogP contribution in [-0.4, -0.2) is 58.0 Å². The van der Waals surface area contributed by atoms with Gasteiger partial charge in [0.2, 0.25) is 5.88 Å². The highest BCUT2D eigenvalue weighted by atomic mass is 35.5.